The molecule has 1 aliphatic carbocycles. The summed E-state index contributed by atoms with van der Waals surface area (Å²) in [7, 11) is 3.60. The van der Waals surface area contributed by atoms with Gasteiger partial charge in [0.15, 0.2) is 0 Å². The van der Waals surface area contributed by atoms with Gasteiger partial charge in [0.2, 0.25) is 5.91 Å². The molecule has 26 heavy (non-hydrogen) atoms. The minimum atomic E-state index is -0.140. The van der Waals surface area contributed by atoms with Crippen LogP contribution < -0.4 is 10.6 Å². The number of benzene rings is 2. The van der Waals surface area contributed by atoms with E-state index in [9.17, 15) is 9.59 Å². The van der Waals surface area contributed by atoms with Crippen LogP contribution in [0.4, 0.5) is 5.69 Å². The van der Waals surface area contributed by atoms with Crippen molar-refractivity contribution in [3.05, 3.63) is 65.2 Å². The number of rotatable bonds is 5. The number of hydrogen-bond donors (Lipinski definition) is 2. The molecular formula is C21H25N3O2. The van der Waals surface area contributed by atoms with E-state index in [1.165, 1.54) is 11.1 Å². The van der Waals surface area contributed by atoms with E-state index in [2.05, 4.69) is 39.8 Å². The Morgan fingerprint density at radius 1 is 1.12 bits per heavy atom. The van der Waals surface area contributed by atoms with Gasteiger partial charge in [0.25, 0.3) is 5.91 Å². The van der Waals surface area contributed by atoms with E-state index >= 15 is 0 Å². The molecule has 2 N–H and O–H groups in total. The number of carbonyl (C=O) groups is 2. The molecule has 2 amide bonds. The molecule has 0 radical (unpaired) electrons. The molecular weight excluding hydrogens is 326 g/mol. The third-order valence-corrected chi connectivity index (χ3v) is 4.92. The van der Waals surface area contributed by atoms with Gasteiger partial charge in [0.05, 0.1) is 6.54 Å². The van der Waals surface area contributed by atoms with Crippen LogP contribution in [0.15, 0.2) is 48.5 Å². The predicted molar refractivity (Wildman–Crippen MR) is 103 cm³/mol. The molecule has 0 aliphatic heterocycles. The maximum atomic E-state index is 12.4. The molecule has 0 spiro atoms. The van der Waals surface area contributed by atoms with Crippen LogP contribution >= 0.6 is 0 Å². The summed E-state index contributed by atoms with van der Waals surface area (Å²) >= 11 is 0. The monoisotopic (exact) mass is 351 g/mol. The highest BCUT2D eigenvalue weighted by molar-refractivity contribution is 5.96. The fraction of sp³-hybridized carbons (Fsp3) is 0.333. The number of fused-ring (bicyclic) bond motifs is 1. The van der Waals surface area contributed by atoms with Gasteiger partial charge in [0, 0.05) is 24.3 Å². The lowest BCUT2D eigenvalue weighted by Gasteiger charge is -2.32. The number of amides is 2. The van der Waals surface area contributed by atoms with E-state index in [0.29, 0.717) is 17.8 Å². The topological polar surface area (TPSA) is 61.4 Å². The maximum absolute atomic E-state index is 12.4. The van der Waals surface area contributed by atoms with Crippen molar-refractivity contribution < 1.29 is 9.59 Å². The van der Waals surface area contributed by atoms with E-state index in [0.717, 1.165) is 19.3 Å². The van der Waals surface area contributed by atoms with Gasteiger partial charge >= 0.3 is 0 Å². The quantitative estimate of drug-likeness (QED) is 0.870. The van der Waals surface area contributed by atoms with E-state index in [-0.39, 0.29) is 17.9 Å². The van der Waals surface area contributed by atoms with Gasteiger partial charge in [0.1, 0.15) is 0 Å². The third kappa shape index (κ3) is 4.11. The summed E-state index contributed by atoms with van der Waals surface area (Å²) in [6, 6.07) is 15.7. The molecule has 0 aromatic heterocycles. The second-order valence-corrected chi connectivity index (χ2v) is 6.73. The molecule has 2 aromatic carbocycles. The molecule has 3 rings (SSSR count). The molecule has 0 unspecified atom stereocenters. The first-order valence-corrected chi connectivity index (χ1v) is 8.98. The Morgan fingerprint density at radius 3 is 2.58 bits per heavy atom. The average Bonchev–Trinajstić information content (AvgIpc) is 2.67. The normalized spacial score (nSPS) is 16.0. The number of likely N-dealkylation sites (N-methyl/N-ethyl adjacent to an activating group) is 1. The van der Waals surface area contributed by atoms with Gasteiger partial charge in [-0.05, 0) is 61.7 Å². The Bertz CT molecular complexity index is 786. The van der Waals surface area contributed by atoms with Gasteiger partial charge in [-0.3, -0.25) is 14.5 Å². The lowest BCUT2D eigenvalue weighted by molar-refractivity contribution is -0.117. The van der Waals surface area contributed by atoms with Crippen LogP contribution in [0.2, 0.25) is 0 Å². The van der Waals surface area contributed by atoms with Crippen molar-refractivity contribution in [1.82, 2.24) is 10.2 Å². The van der Waals surface area contributed by atoms with Crippen LogP contribution in [-0.2, 0) is 11.2 Å². The van der Waals surface area contributed by atoms with Crippen molar-refractivity contribution in [3.63, 3.8) is 0 Å². The van der Waals surface area contributed by atoms with Crippen molar-refractivity contribution in [3.8, 4) is 0 Å². The zero-order valence-corrected chi connectivity index (χ0v) is 15.3. The van der Waals surface area contributed by atoms with Crippen molar-refractivity contribution in [2.45, 2.75) is 25.3 Å². The van der Waals surface area contributed by atoms with Crippen LogP contribution in [0, 0.1) is 0 Å². The Kier molecular flexibility index (Phi) is 5.68. The summed E-state index contributed by atoms with van der Waals surface area (Å²) in [5.74, 6) is -0.193. The Labute approximate surface area is 154 Å². The summed E-state index contributed by atoms with van der Waals surface area (Å²) in [6.07, 6.45) is 3.33. The van der Waals surface area contributed by atoms with Crippen LogP contribution in [0.1, 0.15) is 40.4 Å². The molecule has 5 nitrogen and oxygen atoms in total. The molecule has 0 heterocycles. The van der Waals surface area contributed by atoms with E-state index in [1.54, 1.807) is 31.3 Å². The summed E-state index contributed by atoms with van der Waals surface area (Å²) in [5, 5.41) is 5.49. The number of nitrogens with zero attached hydrogens (tertiary/aromatic N) is 1. The average molecular weight is 351 g/mol. The molecule has 2 aromatic rings. The van der Waals surface area contributed by atoms with E-state index < -0.39 is 0 Å². The lowest BCUT2D eigenvalue weighted by atomic mass is 9.87. The van der Waals surface area contributed by atoms with E-state index in [4.69, 9.17) is 0 Å². The molecule has 0 saturated heterocycles. The van der Waals surface area contributed by atoms with Gasteiger partial charge in [-0.1, -0.05) is 24.3 Å². The standard InChI is InChI=1S/C21H25N3O2/c1-22-21(26)16-10-12-17(13-11-16)23-20(25)14-24(2)19-9-5-7-15-6-3-4-8-18(15)19/h3-4,6,8,10-13,19H,5,7,9,14H2,1-2H3,(H,22,26)(H,23,25)/t19-/m1/s1. The number of carbonyl (C=O) groups excluding carboxylic acids is 2. The SMILES string of the molecule is CNC(=O)c1ccc(NC(=O)CN(C)[C@@H]2CCCc3ccccc32)cc1. The molecule has 136 valence electrons. The molecule has 0 fully saturated rings. The van der Waals surface area contributed by atoms with Crippen LogP contribution in [0.25, 0.3) is 0 Å². The van der Waals surface area contributed by atoms with Gasteiger partial charge < -0.3 is 10.6 Å². The summed E-state index contributed by atoms with van der Waals surface area (Å²) < 4.78 is 0. The highest BCUT2D eigenvalue weighted by Gasteiger charge is 2.24. The van der Waals surface area contributed by atoms with Crippen molar-refractivity contribution in [1.29, 1.82) is 0 Å². The molecule has 0 bridgehead atoms. The molecule has 0 saturated carbocycles. The molecule has 1 atom stereocenters. The Hall–Kier alpha value is -2.66. The van der Waals surface area contributed by atoms with Gasteiger partial charge in [-0.2, -0.15) is 0 Å². The number of hydrogen-bond acceptors (Lipinski definition) is 3. The predicted octanol–water partition coefficient (Wildman–Crippen LogP) is 2.99. The number of anilines is 1. The first kappa shape index (κ1) is 18.1. The van der Waals surface area contributed by atoms with Crippen LogP contribution in [0.5, 0.6) is 0 Å². The Balaban J connectivity index is 1.61. The highest BCUT2D eigenvalue weighted by atomic mass is 16.2. The minimum Gasteiger partial charge on any atom is -0.355 e. The smallest absolute Gasteiger partial charge is 0.251 e. The van der Waals surface area contributed by atoms with Crippen LogP contribution in [0.3, 0.4) is 0 Å². The van der Waals surface area contributed by atoms with Gasteiger partial charge in [-0.25, -0.2) is 0 Å². The summed E-state index contributed by atoms with van der Waals surface area (Å²) in [4.78, 5) is 26.1. The Morgan fingerprint density at radius 2 is 1.85 bits per heavy atom. The van der Waals surface area contributed by atoms with Crippen molar-refractivity contribution in [2.24, 2.45) is 0 Å². The zero-order chi connectivity index (χ0) is 18.5. The lowest BCUT2D eigenvalue weighted by Crippen LogP contribution is -2.34. The molecule has 5 heteroatoms. The van der Waals surface area contributed by atoms with Gasteiger partial charge in [-0.15, -0.1) is 0 Å². The largest absolute Gasteiger partial charge is 0.355 e. The summed E-state index contributed by atoms with van der Waals surface area (Å²) in [6.45, 7) is 0.330. The zero-order valence-electron chi connectivity index (χ0n) is 15.3. The minimum absolute atomic E-state index is 0.0525. The van der Waals surface area contributed by atoms with Crippen molar-refractivity contribution in [2.75, 3.05) is 26.0 Å². The number of aryl methyl sites for hydroxylation is 1. The van der Waals surface area contributed by atoms with E-state index in [1.807, 2.05) is 7.05 Å². The fourth-order valence-corrected chi connectivity index (χ4v) is 3.57. The van der Waals surface area contributed by atoms with Crippen molar-refractivity contribution >= 4 is 17.5 Å². The first-order valence-electron chi connectivity index (χ1n) is 8.98. The number of nitrogens with one attached hydrogen (secondary N) is 2. The summed E-state index contributed by atoms with van der Waals surface area (Å²) in [5.41, 5.74) is 3.99. The maximum Gasteiger partial charge on any atom is 0.251 e. The first-order chi connectivity index (χ1) is 12.6. The second kappa shape index (κ2) is 8.15. The molecule has 1 aliphatic rings. The van der Waals surface area contributed by atoms with Crippen LogP contribution in [-0.4, -0.2) is 37.4 Å². The fourth-order valence-electron chi connectivity index (χ4n) is 3.57. The highest BCUT2D eigenvalue weighted by Crippen LogP contribution is 2.33. The second-order valence-electron chi connectivity index (χ2n) is 6.73. The third-order valence-electron chi connectivity index (χ3n) is 4.92.